The molecule has 20 heavy (non-hydrogen) atoms. The average Bonchev–Trinajstić information content (AvgIpc) is 2.97. The molecule has 0 unspecified atom stereocenters. The first kappa shape index (κ1) is 11.2. The van der Waals surface area contributed by atoms with Gasteiger partial charge in [0.25, 0.3) is 0 Å². The Kier molecular flexibility index (Phi) is 2.52. The van der Waals surface area contributed by atoms with Gasteiger partial charge in [0.2, 0.25) is 0 Å². The largest absolute Gasteiger partial charge is 0.361 e. The molecule has 0 saturated heterocycles. The van der Waals surface area contributed by atoms with Crippen LogP contribution in [0.1, 0.15) is 11.1 Å². The van der Waals surface area contributed by atoms with Crippen LogP contribution in [0.15, 0.2) is 71.9 Å². The van der Waals surface area contributed by atoms with Crippen molar-refractivity contribution in [2.24, 2.45) is 4.99 Å². The SMILES string of the molecule is C1=CC(=Nc2ccccc2)c2c(ccc3cc[nH]c23)C1. The van der Waals surface area contributed by atoms with Gasteiger partial charge in [-0.05, 0) is 36.3 Å². The molecule has 2 heteroatoms. The zero-order chi connectivity index (χ0) is 13.4. The molecule has 0 atom stereocenters. The molecule has 0 saturated carbocycles. The van der Waals surface area contributed by atoms with Gasteiger partial charge in [0.1, 0.15) is 0 Å². The van der Waals surface area contributed by atoms with Gasteiger partial charge in [-0.1, -0.05) is 36.4 Å². The van der Waals surface area contributed by atoms with Crippen LogP contribution >= 0.6 is 0 Å². The summed E-state index contributed by atoms with van der Waals surface area (Å²) in [6, 6.07) is 16.6. The molecule has 2 aromatic carbocycles. The van der Waals surface area contributed by atoms with E-state index in [4.69, 9.17) is 4.99 Å². The van der Waals surface area contributed by atoms with Crippen LogP contribution in [0.2, 0.25) is 0 Å². The molecule has 0 fully saturated rings. The maximum Gasteiger partial charge on any atom is 0.0730 e. The zero-order valence-electron chi connectivity index (χ0n) is 11.0. The lowest BCUT2D eigenvalue weighted by molar-refractivity contribution is 1.24. The summed E-state index contributed by atoms with van der Waals surface area (Å²) in [5, 5.41) is 1.24. The molecule has 96 valence electrons. The average molecular weight is 258 g/mol. The van der Waals surface area contributed by atoms with Crippen LogP contribution in [0.5, 0.6) is 0 Å². The maximum absolute atomic E-state index is 4.80. The van der Waals surface area contributed by atoms with Gasteiger partial charge in [0, 0.05) is 17.1 Å². The lowest BCUT2D eigenvalue weighted by Crippen LogP contribution is -2.07. The Morgan fingerprint density at radius 1 is 0.950 bits per heavy atom. The number of H-pyrrole nitrogens is 1. The van der Waals surface area contributed by atoms with E-state index < -0.39 is 0 Å². The molecule has 1 aliphatic carbocycles. The highest BCUT2D eigenvalue weighted by Crippen LogP contribution is 2.27. The van der Waals surface area contributed by atoms with Crippen molar-refractivity contribution in [3.05, 3.63) is 78.0 Å². The van der Waals surface area contributed by atoms with E-state index >= 15 is 0 Å². The van der Waals surface area contributed by atoms with E-state index in [1.54, 1.807) is 0 Å². The highest BCUT2D eigenvalue weighted by Gasteiger charge is 2.15. The van der Waals surface area contributed by atoms with E-state index in [-0.39, 0.29) is 0 Å². The first-order valence-corrected chi connectivity index (χ1v) is 6.81. The first-order valence-electron chi connectivity index (χ1n) is 6.81. The normalized spacial score (nSPS) is 15.7. The molecule has 1 heterocycles. The fraction of sp³-hybridized carbons (Fsp3) is 0.0556. The van der Waals surface area contributed by atoms with Crippen LogP contribution in [0.4, 0.5) is 5.69 Å². The number of rotatable bonds is 1. The van der Waals surface area contributed by atoms with Crippen molar-refractivity contribution >= 4 is 22.3 Å². The molecule has 2 nitrogen and oxygen atoms in total. The van der Waals surface area contributed by atoms with Gasteiger partial charge < -0.3 is 4.98 Å². The van der Waals surface area contributed by atoms with Crippen molar-refractivity contribution in [2.45, 2.75) is 6.42 Å². The summed E-state index contributed by atoms with van der Waals surface area (Å²) in [6.07, 6.45) is 7.26. The van der Waals surface area contributed by atoms with Gasteiger partial charge in [0.05, 0.1) is 16.9 Å². The van der Waals surface area contributed by atoms with Gasteiger partial charge in [0.15, 0.2) is 0 Å². The van der Waals surface area contributed by atoms with Crippen molar-refractivity contribution in [3.8, 4) is 0 Å². The summed E-state index contributed by atoms with van der Waals surface area (Å²) in [6.45, 7) is 0. The second-order valence-corrected chi connectivity index (χ2v) is 4.98. The molecular formula is C18H14N2. The van der Waals surface area contributed by atoms with Crippen molar-refractivity contribution < 1.29 is 0 Å². The number of nitrogens with zero attached hydrogens (tertiary/aromatic N) is 1. The number of aromatic amines is 1. The molecule has 0 spiro atoms. The maximum atomic E-state index is 4.80. The van der Waals surface area contributed by atoms with Gasteiger partial charge in [-0.15, -0.1) is 0 Å². The van der Waals surface area contributed by atoms with E-state index in [1.807, 2.05) is 36.5 Å². The minimum Gasteiger partial charge on any atom is -0.361 e. The number of aliphatic imine (C=N–C) groups is 1. The van der Waals surface area contributed by atoms with E-state index in [9.17, 15) is 0 Å². The molecule has 0 bridgehead atoms. The molecule has 0 aliphatic heterocycles. The fourth-order valence-corrected chi connectivity index (χ4v) is 2.75. The predicted molar refractivity (Wildman–Crippen MR) is 83.8 cm³/mol. The van der Waals surface area contributed by atoms with E-state index in [0.29, 0.717) is 0 Å². The number of benzene rings is 2. The smallest absolute Gasteiger partial charge is 0.0730 e. The third kappa shape index (κ3) is 1.77. The highest BCUT2D eigenvalue weighted by atomic mass is 14.8. The van der Waals surface area contributed by atoms with Gasteiger partial charge >= 0.3 is 0 Å². The molecule has 1 aliphatic rings. The molecule has 4 rings (SSSR count). The second-order valence-electron chi connectivity index (χ2n) is 4.98. The van der Waals surface area contributed by atoms with Crippen molar-refractivity contribution in [1.29, 1.82) is 0 Å². The zero-order valence-corrected chi connectivity index (χ0v) is 11.0. The van der Waals surface area contributed by atoms with Crippen molar-refractivity contribution in [3.63, 3.8) is 0 Å². The minimum atomic E-state index is 0.970. The molecule has 3 aromatic rings. The summed E-state index contributed by atoms with van der Waals surface area (Å²) in [4.78, 5) is 8.15. The van der Waals surface area contributed by atoms with Crippen LogP contribution < -0.4 is 0 Å². The van der Waals surface area contributed by atoms with Crippen LogP contribution in [-0.2, 0) is 6.42 Å². The van der Waals surface area contributed by atoms with Crippen LogP contribution in [0.3, 0.4) is 0 Å². The number of allylic oxidation sites excluding steroid dienone is 2. The summed E-state index contributed by atoms with van der Waals surface area (Å²) in [7, 11) is 0. The Hall–Kier alpha value is -2.61. The topological polar surface area (TPSA) is 28.1 Å². The number of hydrogen-bond acceptors (Lipinski definition) is 1. The third-order valence-electron chi connectivity index (χ3n) is 3.69. The Bertz CT molecular complexity index is 823. The summed E-state index contributed by atoms with van der Waals surface area (Å²) in [5.74, 6) is 0. The number of para-hydroxylation sites is 1. The van der Waals surface area contributed by atoms with Crippen molar-refractivity contribution in [1.82, 2.24) is 4.98 Å². The Labute approximate surface area is 117 Å². The quantitative estimate of drug-likeness (QED) is 0.670. The summed E-state index contributed by atoms with van der Waals surface area (Å²) >= 11 is 0. The monoisotopic (exact) mass is 258 g/mol. The van der Waals surface area contributed by atoms with Gasteiger partial charge in [-0.2, -0.15) is 0 Å². The molecule has 1 N–H and O–H groups in total. The highest BCUT2D eigenvalue weighted by molar-refractivity contribution is 6.18. The lowest BCUT2D eigenvalue weighted by Gasteiger charge is -2.14. The number of aromatic nitrogens is 1. The first-order chi connectivity index (χ1) is 9.92. The second kappa shape index (κ2) is 4.49. The Morgan fingerprint density at radius 3 is 2.75 bits per heavy atom. The molecule has 0 amide bonds. The predicted octanol–water partition coefficient (Wildman–Crippen LogP) is 4.40. The third-order valence-corrected chi connectivity index (χ3v) is 3.69. The van der Waals surface area contributed by atoms with Gasteiger partial charge in [-0.25, -0.2) is 4.99 Å². The Balaban J connectivity index is 1.95. The van der Waals surface area contributed by atoms with E-state index in [0.717, 1.165) is 17.8 Å². The Morgan fingerprint density at radius 2 is 1.85 bits per heavy atom. The molecular weight excluding hydrogens is 244 g/mol. The van der Waals surface area contributed by atoms with Crippen LogP contribution in [0, 0.1) is 0 Å². The minimum absolute atomic E-state index is 0.970. The number of hydrogen-bond donors (Lipinski definition) is 1. The molecule has 1 aromatic heterocycles. The van der Waals surface area contributed by atoms with Crippen LogP contribution in [0.25, 0.3) is 10.9 Å². The summed E-state index contributed by atoms with van der Waals surface area (Å²) in [5.41, 5.74) is 5.77. The van der Waals surface area contributed by atoms with Gasteiger partial charge in [-0.3, -0.25) is 0 Å². The van der Waals surface area contributed by atoms with E-state index in [1.165, 1.54) is 22.0 Å². The summed E-state index contributed by atoms with van der Waals surface area (Å²) < 4.78 is 0. The van der Waals surface area contributed by atoms with Crippen LogP contribution in [-0.4, -0.2) is 10.7 Å². The van der Waals surface area contributed by atoms with E-state index in [2.05, 4.69) is 35.3 Å². The molecule has 0 radical (unpaired) electrons. The standard InChI is InChI=1S/C18H14N2/c1-2-6-15(7-3-1)20-16-8-4-5-13-9-10-14-11-12-19-18(14)17(13)16/h1-4,6-12,19H,5H2. The number of nitrogens with one attached hydrogen (secondary N) is 1. The number of fused-ring (bicyclic) bond motifs is 3. The fourth-order valence-electron chi connectivity index (χ4n) is 2.75. The lowest BCUT2D eigenvalue weighted by atomic mass is 9.93. The van der Waals surface area contributed by atoms with Crippen molar-refractivity contribution in [2.75, 3.05) is 0 Å².